The number of ether oxygens (including phenoxy) is 2. The van der Waals surface area contributed by atoms with Crippen LogP contribution in [0.4, 0.5) is 4.79 Å². The monoisotopic (exact) mass is 454 g/mol. The number of methoxy groups -OCH3 is 1. The first kappa shape index (κ1) is 21.8. The summed E-state index contributed by atoms with van der Waals surface area (Å²) in [5.41, 5.74) is 5.14. The summed E-state index contributed by atoms with van der Waals surface area (Å²) in [6.07, 6.45) is 5.67. The third kappa shape index (κ3) is 4.28. The highest BCUT2D eigenvalue weighted by Gasteiger charge is 2.21. The van der Waals surface area contributed by atoms with Crippen LogP contribution in [-0.4, -0.2) is 29.4 Å². The van der Waals surface area contributed by atoms with E-state index in [9.17, 15) is 9.90 Å². The first-order valence-corrected chi connectivity index (χ1v) is 11.3. The zero-order valence-corrected chi connectivity index (χ0v) is 18.9. The Morgan fingerprint density at radius 3 is 2.76 bits per heavy atom. The minimum atomic E-state index is -0.989. The molecule has 2 heterocycles. The molecule has 1 aliphatic rings. The maximum atomic E-state index is 11.5. The van der Waals surface area contributed by atoms with E-state index in [1.54, 1.807) is 13.3 Å². The molecule has 4 aromatic rings. The number of fused-ring (bicyclic) bond motifs is 2. The first-order chi connectivity index (χ1) is 16.6. The minimum Gasteiger partial charge on any atom is -0.493 e. The molecule has 0 spiro atoms. The topological polar surface area (TPSA) is 72.7 Å². The predicted molar refractivity (Wildman–Crippen MR) is 133 cm³/mol. The normalized spacial score (nSPS) is 15.4. The Morgan fingerprint density at radius 1 is 1.12 bits per heavy atom. The minimum absolute atomic E-state index is 0.0117. The van der Waals surface area contributed by atoms with Crippen LogP contribution in [0.3, 0.4) is 0 Å². The van der Waals surface area contributed by atoms with E-state index in [1.165, 1.54) is 10.1 Å². The van der Waals surface area contributed by atoms with E-state index in [0.29, 0.717) is 17.9 Å². The average molecular weight is 455 g/mol. The highest BCUT2D eigenvalue weighted by atomic mass is 16.5. The molecule has 172 valence electrons. The number of carboxylic acid groups (broad SMARTS) is 1. The van der Waals surface area contributed by atoms with Crippen LogP contribution in [0, 0.1) is 0 Å². The van der Waals surface area contributed by atoms with Crippen molar-refractivity contribution in [2.75, 3.05) is 13.7 Å². The van der Waals surface area contributed by atoms with E-state index in [-0.39, 0.29) is 6.04 Å². The summed E-state index contributed by atoms with van der Waals surface area (Å²) in [5, 5.41) is 13.9. The van der Waals surface area contributed by atoms with Gasteiger partial charge in [0, 0.05) is 18.1 Å². The van der Waals surface area contributed by atoms with Crippen LogP contribution in [0.5, 0.6) is 11.5 Å². The molecule has 3 aromatic carbocycles. The summed E-state index contributed by atoms with van der Waals surface area (Å²) in [6.45, 7) is 1.34. The Hall–Kier alpha value is -4.03. The van der Waals surface area contributed by atoms with Crippen molar-refractivity contribution in [1.29, 1.82) is 0 Å². The fourth-order valence-corrected chi connectivity index (χ4v) is 4.48. The van der Waals surface area contributed by atoms with Crippen molar-refractivity contribution in [3.63, 3.8) is 0 Å². The zero-order valence-electron chi connectivity index (χ0n) is 18.9. The van der Waals surface area contributed by atoms with Gasteiger partial charge in [0.05, 0.1) is 18.7 Å². The number of nitrogens with zero attached hydrogens (tertiary/aromatic N) is 1. The van der Waals surface area contributed by atoms with E-state index in [2.05, 4.69) is 23.5 Å². The number of hydrogen-bond acceptors (Lipinski definition) is 4. The molecule has 1 aliphatic heterocycles. The molecule has 0 amide bonds. The van der Waals surface area contributed by atoms with Crippen molar-refractivity contribution in [2.45, 2.75) is 19.1 Å². The Bertz CT molecular complexity index is 1360. The van der Waals surface area contributed by atoms with Gasteiger partial charge in [-0.05, 0) is 52.9 Å². The second kappa shape index (κ2) is 9.45. The van der Waals surface area contributed by atoms with Crippen LogP contribution in [0.2, 0.25) is 0 Å². The smallest absolute Gasteiger partial charge is 0.415 e. The number of carbonyl (C=O) groups is 1. The van der Waals surface area contributed by atoms with Crippen molar-refractivity contribution in [2.24, 2.45) is 0 Å². The number of hydrogen-bond donors (Lipinski definition) is 2. The standard InChI is InChI=1S/C28H26N2O4/c1-33-26-17-23-21(16-27(26)34-18-19-6-3-2-4-7-19)12-14-29-24(23)11-10-20-8-5-9-25-22(20)13-15-30(25)28(31)32/h2-11,13,15-17,24,29H,12,14,18H2,1H3,(H,31,32)/b11-10+. The van der Waals surface area contributed by atoms with E-state index >= 15 is 0 Å². The molecule has 1 unspecified atom stereocenters. The molecule has 1 atom stereocenters. The van der Waals surface area contributed by atoms with Crippen LogP contribution in [0.25, 0.3) is 17.0 Å². The largest absolute Gasteiger partial charge is 0.493 e. The summed E-state index contributed by atoms with van der Waals surface area (Å²) >= 11 is 0. The van der Waals surface area contributed by atoms with Crippen LogP contribution >= 0.6 is 0 Å². The Labute approximate surface area is 198 Å². The number of rotatable bonds is 6. The maximum absolute atomic E-state index is 11.5. The molecule has 1 aromatic heterocycles. The SMILES string of the molecule is COc1cc2c(cc1OCc1ccccc1)CCNC2/C=C/c1cccc2c1ccn2C(=O)O. The number of aromatic nitrogens is 1. The molecule has 6 nitrogen and oxygen atoms in total. The highest BCUT2D eigenvalue weighted by molar-refractivity contribution is 5.94. The number of benzene rings is 3. The zero-order chi connectivity index (χ0) is 23.5. The maximum Gasteiger partial charge on any atom is 0.415 e. The van der Waals surface area contributed by atoms with E-state index in [1.807, 2.05) is 60.7 Å². The van der Waals surface area contributed by atoms with E-state index < -0.39 is 6.09 Å². The van der Waals surface area contributed by atoms with Crippen molar-refractivity contribution in [3.05, 3.63) is 101 Å². The molecule has 2 N–H and O–H groups in total. The fraction of sp³-hybridized carbons (Fsp3) is 0.179. The van der Waals surface area contributed by atoms with Crippen LogP contribution < -0.4 is 14.8 Å². The second-order valence-corrected chi connectivity index (χ2v) is 8.27. The van der Waals surface area contributed by atoms with Crippen molar-refractivity contribution in [1.82, 2.24) is 9.88 Å². The van der Waals surface area contributed by atoms with Gasteiger partial charge < -0.3 is 19.9 Å². The second-order valence-electron chi connectivity index (χ2n) is 8.27. The molecule has 0 aliphatic carbocycles. The molecule has 0 saturated carbocycles. The van der Waals surface area contributed by atoms with Gasteiger partial charge in [0.1, 0.15) is 6.61 Å². The molecule has 0 radical (unpaired) electrons. The van der Waals surface area contributed by atoms with Crippen LogP contribution in [0.15, 0.2) is 79.0 Å². The van der Waals surface area contributed by atoms with Gasteiger partial charge in [-0.2, -0.15) is 0 Å². The fourth-order valence-electron chi connectivity index (χ4n) is 4.48. The molecular weight excluding hydrogens is 428 g/mol. The summed E-state index contributed by atoms with van der Waals surface area (Å²) in [4.78, 5) is 11.5. The van der Waals surface area contributed by atoms with E-state index in [0.717, 1.165) is 40.8 Å². The highest BCUT2D eigenvalue weighted by Crippen LogP contribution is 2.36. The van der Waals surface area contributed by atoms with Crippen LogP contribution in [0.1, 0.15) is 28.3 Å². The Morgan fingerprint density at radius 2 is 1.97 bits per heavy atom. The van der Waals surface area contributed by atoms with Gasteiger partial charge in [0.25, 0.3) is 0 Å². The quantitative estimate of drug-likeness (QED) is 0.394. The lowest BCUT2D eigenvalue weighted by molar-refractivity contribution is 0.197. The van der Waals surface area contributed by atoms with Crippen molar-refractivity contribution in [3.8, 4) is 11.5 Å². The van der Waals surface area contributed by atoms with Crippen LogP contribution in [-0.2, 0) is 13.0 Å². The summed E-state index contributed by atoms with van der Waals surface area (Å²) in [7, 11) is 1.66. The Kier molecular flexibility index (Phi) is 6.06. The van der Waals surface area contributed by atoms with Gasteiger partial charge in [-0.25, -0.2) is 4.79 Å². The van der Waals surface area contributed by atoms with Gasteiger partial charge in [-0.15, -0.1) is 0 Å². The van der Waals surface area contributed by atoms with Gasteiger partial charge >= 0.3 is 6.09 Å². The third-order valence-corrected chi connectivity index (χ3v) is 6.20. The van der Waals surface area contributed by atoms with Gasteiger partial charge in [-0.1, -0.05) is 54.6 Å². The van der Waals surface area contributed by atoms with Gasteiger partial charge in [0.2, 0.25) is 0 Å². The Balaban J connectivity index is 1.42. The van der Waals surface area contributed by atoms with Gasteiger partial charge in [0.15, 0.2) is 11.5 Å². The molecule has 6 heteroatoms. The summed E-state index contributed by atoms with van der Waals surface area (Å²) in [6, 6.07) is 21.8. The first-order valence-electron chi connectivity index (χ1n) is 11.3. The van der Waals surface area contributed by atoms with Crippen molar-refractivity contribution < 1.29 is 19.4 Å². The lowest BCUT2D eigenvalue weighted by atomic mass is 9.92. The molecule has 5 rings (SSSR count). The molecule has 0 saturated heterocycles. The van der Waals surface area contributed by atoms with Crippen molar-refractivity contribution >= 4 is 23.1 Å². The summed E-state index contributed by atoms with van der Waals surface area (Å²) in [5.74, 6) is 1.45. The molecular formula is C28H26N2O4. The van der Waals surface area contributed by atoms with Gasteiger partial charge in [-0.3, -0.25) is 4.57 Å². The lowest BCUT2D eigenvalue weighted by Gasteiger charge is -2.26. The predicted octanol–water partition coefficient (Wildman–Crippen LogP) is 5.66. The summed E-state index contributed by atoms with van der Waals surface area (Å²) < 4.78 is 13.0. The lowest BCUT2D eigenvalue weighted by Crippen LogP contribution is -2.28. The average Bonchev–Trinajstić information content (AvgIpc) is 3.31. The molecule has 34 heavy (non-hydrogen) atoms. The molecule has 0 fully saturated rings. The number of nitrogens with one attached hydrogen (secondary N) is 1. The molecule has 0 bridgehead atoms. The third-order valence-electron chi connectivity index (χ3n) is 6.20. The van der Waals surface area contributed by atoms with E-state index in [4.69, 9.17) is 9.47 Å².